The number of carbonyl (C=O) groups is 1. The van der Waals surface area contributed by atoms with Gasteiger partial charge in [-0.1, -0.05) is 12.1 Å². The van der Waals surface area contributed by atoms with Crippen molar-refractivity contribution in [2.24, 2.45) is 0 Å². The van der Waals surface area contributed by atoms with Crippen molar-refractivity contribution in [3.05, 3.63) is 53.6 Å². The van der Waals surface area contributed by atoms with Gasteiger partial charge in [-0.05, 0) is 54.8 Å². The lowest BCUT2D eigenvalue weighted by atomic mass is 9.96. The standard InChI is InChI=1S/C35H46O19/c1-16-25(41)26(42)27(43)33(51-16)54-30-28(44)32(48-10-9-18-4-7-20(38)22(12-18)47-2)52-23(13-49-34-31(45)35(46,14-36)15-50-34)29(30)53-24(40)8-5-17-3-6-19(37)21(39)11-17/h3-8,11-12,16,23,25-34,36-39,41-46H,9-10,13-15H2,1-2H3/b8-5+/t16-,23+,25+,26+,27+,28+,29-,30-,31-,32+,33-,34-,35+/m1/s1. The lowest BCUT2D eigenvalue weighted by Gasteiger charge is -2.46. The molecule has 10 N–H and O–H groups in total. The molecule has 19 nitrogen and oxygen atoms in total. The summed E-state index contributed by atoms with van der Waals surface area (Å²) in [4.78, 5) is 13.3. The normalized spacial score (nSPS) is 35.6. The monoisotopic (exact) mass is 770 g/mol. The number of rotatable bonds is 14. The Bertz CT molecular complexity index is 1590. The summed E-state index contributed by atoms with van der Waals surface area (Å²) in [5.74, 6) is -1.75. The SMILES string of the molecule is COc1cc(CCO[C@H]2O[C@@H](CO[C@@H]3OC[C@@](O)(CO)[C@@H]3O)[C@@H](OC(=O)/C=C/c3ccc(O)c(O)c3)[C@H](O[C@H]3O[C@H](C)[C@H](O)[C@H](O)[C@@H]3O)[C@@H]2O)ccc1O. The third-order valence-corrected chi connectivity index (χ3v) is 9.30. The van der Waals surface area contributed by atoms with Crippen molar-refractivity contribution in [1.82, 2.24) is 0 Å². The van der Waals surface area contributed by atoms with Gasteiger partial charge in [0.1, 0.15) is 48.3 Å². The quantitative estimate of drug-likeness (QED) is 0.0552. The van der Waals surface area contributed by atoms with E-state index in [9.17, 15) is 55.9 Å². The highest BCUT2D eigenvalue weighted by atomic mass is 16.8. The van der Waals surface area contributed by atoms with Crippen molar-refractivity contribution in [2.45, 2.75) is 92.8 Å². The summed E-state index contributed by atoms with van der Waals surface area (Å²) >= 11 is 0. The van der Waals surface area contributed by atoms with Gasteiger partial charge in [0.2, 0.25) is 0 Å². The fraction of sp³-hybridized carbons (Fsp3) is 0.571. The summed E-state index contributed by atoms with van der Waals surface area (Å²) in [5, 5.41) is 103. The molecule has 13 atom stereocenters. The Hall–Kier alpha value is -3.67. The minimum Gasteiger partial charge on any atom is -0.504 e. The number of ether oxygens (including phenoxy) is 8. The van der Waals surface area contributed by atoms with Crippen molar-refractivity contribution in [3.8, 4) is 23.0 Å². The Morgan fingerprint density at radius 1 is 0.870 bits per heavy atom. The van der Waals surface area contributed by atoms with Gasteiger partial charge in [0, 0.05) is 6.08 Å². The Morgan fingerprint density at radius 2 is 1.61 bits per heavy atom. The molecule has 0 aliphatic carbocycles. The zero-order valence-electron chi connectivity index (χ0n) is 29.2. The molecule has 0 spiro atoms. The second-order valence-electron chi connectivity index (χ2n) is 13.1. The van der Waals surface area contributed by atoms with Gasteiger partial charge in [0.05, 0.1) is 39.6 Å². The second-order valence-corrected chi connectivity index (χ2v) is 13.1. The summed E-state index contributed by atoms with van der Waals surface area (Å²) in [7, 11) is 1.38. The van der Waals surface area contributed by atoms with Crippen LogP contribution in [0.3, 0.4) is 0 Å². The van der Waals surface area contributed by atoms with Gasteiger partial charge in [-0.2, -0.15) is 0 Å². The van der Waals surface area contributed by atoms with Crippen LogP contribution in [0.15, 0.2) is 42.5 Å². The van der Waals surface area contributed by atoms with E-state index in [-0.39, 0.29) is 24.5 Å². The molecule has 2 aromatic carbocycles. The number of carbonyl (C=O) groups excluding carboxylic acids is 1. The molecular formula is C35H46O19. The van der Waals surface area contributed by atoms with E-state index in [1.165, 1.54) is 44.4 Å². The van der Waals surface area contributed by atoms with E-state index in [0.717, 1.165) is 6.08 Å². The number of aliphatic hydroxyl groups excluding tert-OH is 6. The maximum Gasteiger partial charge on any atom is 0.331 e. The lowest BCUT2D eigenvalue weighted by Crippen LogP contribution is -2.65. The molecule has 3 saturated heterocycles. The first kappa shape index (κ1) is 41.5. The summed E-state index contributed by atoms with van der Waals surface area (Å²) in [6.45, 7) is -0.613. The molecule has 0 unspecified atom stereocenters. The molecule has 0 amide bonds. The predicted octanol–water partition coefficient (Wildman–Crippen LogP) is -2.25. The Balaban J connectivity index is 1.42. The zero-order chi connectivity index (χ0) is 39.3. The summed E-state index contributed by atoms with van der Waals surface area (Å²) in [6.07, 6.45) is -16.7. The van der Waals surface area contributed by atoms with Crippen LogP contribution in [0.2, 0.25) is 0 Å². The molecule has 3 heterocycles. The Labute approximate surface area is 308 Å². The van der Waals surface area contributed by atoms with Crippen LogP contribution in [0.25, 0.3) is 6.08 Å². The third kappa shape index (κ3) is 9.40. The Kier molecular flexibility index (Phi) is 13.7. The van der Waals surface area contributed by atoms with Crippen molar-refractivity contribution >= 4 is 12.0 Å². The molecular weight excluding hydrogens is 724 g/mol. The Morgan fingerprint density at radius 3 is 2.30 bits per heavy atom. The lowest BCUT2D eigenvalue weighted by molar-refractivity contribution is -0.360. The van der Waals surface area contributed by atoms with E-state index >= 15 is 0 Å². The maximum atomic E-state index is 13.3. The van der Waals surface area contributed by atoms with Crippen LogP contribution in [-0.2, 0) is 44.4 Å². The van der Waals surface area contributed by atoms with E-state index in [4.69, 9.17) is 37.9 Å². The first-order chi connectivity index (χ1) is 25.6. The fourth-order valence-electron chi connectivity index (χ4n) is 6.02. The summed E-state index contributed by atoms with van der Waals surface area (Å²) < 4.78 is 45.4. The molecule has 0 saturated carbocycles. The molecule has 0 radical (unpaired) electrons. The highest BCUT2D eigenvalue weighted by Gasteiger charge is 2.54. The van der Waals surface area contributed by atoms with Crippen LogP contribution in [0.5, 0.6) is 23.0 Å². The maximum absolute atomic E-state index is 13.3. The molecule has 300 valence electrons. The fourth-order valence-corrected chi connectivity index (χ4v) is 6.02. The molecule has 5 rings (SSSR count). The first-order valence-electron chi connectivity index (χ1n) is 17.0. The van der Waals surface area contributed by atoms with Crippen LogP contribution in [0.1, 0.15) is 18.1 Å². The van der Waals surface area contributed by atoms with Gasteiger partial charge in [0.25, 0.3) is 0 Å². The predicted molar refractivity (Wildman–Crippen MR) is 179 cm³/mol. The molecule has 3 aliphatic rings. The van der Waals surface area contributed by atoms with Gasteiger partial charge in [0.15, 0.2) is 48.0 Å². The molecule has 19 heteroatoms. The number of hydrogen-bond acceptors (Lipinski definition) is 19. The number of benzene rings is 2. The minimum atomic E-state index is -2.04. The van der Waals surface area contributed by atoms with Crippen molar-refractivity contribution < 1.29 is 93.8 Å². The van der Waals surface area contributed by atoms with Crippen molar-refractivity contribution in [1.29, 1.82) is 0 Å². The highest BCUT2D eigenvalue weighted by Crippen LogP contribution is 2.34. The molecule has 54 heavy (non-hydrogen) atoms. The van der Waals surface area contributed by atoms with E-state index in [0.29, 0.717) is 11.1 Å². The van der Waals surface area contributed by atoms with Gasteiger partial charge >= 0.3 is 5.97 Å². The van der Waals surface area contributed by atoms with Gasteiger partial charge in [-0.25, -0.2) is 4.79 Å². The number of methoxy groups -OCH3 is 1. The average molecular weight is 771 g/mol. The average Bonchev–Trinajstić information content (AvgIpc) is 3.44. The summed E-state index contributed by atoms with van der Waals surface area (Å²) in [5.41, 5.74) is -1.08. The van der Waals surface area contributed by atoms with E-state index in [1.54, 1.807) is 12.1 Å². The van der Waals surface area contributed by atoms with Crippen molar-refractivity contribution in [3.63, 3.8) is 0 Å². The highest BCUT2D eigenvalue weighted by molar-refractivity contribution is 5.87. The van der Waals surface area contributed by atoms with Gasteiger partial charge < -0.3 is 89.0 Å². The first-order valence-corrected chi connectivity index (χ1v) is 17.0. The van der Waals surface area contributed by atoms with Crippen LogP contribution in [0.4, 0.5) is 0 Å². The van der Waals surface area contributed by atoms with Crippen LogP contribution < -0.4 is 4.74 Å². The number of aromatic hydroxyl groups is 3. The van der Waals surface area contributed by atoms with Crippen LogP contribution >= 0.6 is 0 Å². The minimum absolute atomic E-state index is 0.0828. The number of hydrogen-bond donors (Lipinski definition) is 10. The molecule has 0 bridgehead atoms. The summed E-state index contributed by atoms with van der Waals surface area (Å²) in [6, 6.07) is 8.39. The number of phenolic OH excluding ortho intramolecular Hbond substituents is 3. The molecule has 0 aromatic heterocycles. The largest absolute Gasteiger partial charge is 0.504 e. The van der Waals surface area contributed by atoms with Crippen LogP contribution in [0, 0.1) is 0 Å². The van der Waals surface area contributed by atoms with Gasteiger partial charge in [-0.3, -0.25) is 0 Å². The van der Waals surface area contributed by atoms with E-state index in [2.05, 4.69) is 0 Å². The van der Waals surface area contributed by atoms with Gasteiger partial charge in [-0.15, -0.1) is 0 Å². The molecule has 3 fully saturated rings. The van der Waals surface area contributed by atoms with Crippen molar-refractivity contribution in [2.75, 3.05) is 33.5 Å². The number of aliphatic hydroxyl groups is 7. The second kappa shape index (κ2) is 17.9. The van der Waals surface area contributed by atoms with Crippen LogP contribution in [-0.4, -0.2) is 170 Å². The van der Waals surface area contributed by atoms with E-state index in [1.807, 2.05) is 0 Å². The number of esters is 1. The molecule has 2 aromatic rings. The zero-order valence-corrected chi connectivity index (χ0v) is 29.2. The molecule has 3 aliphatic heterocycles. The smallest absolute Gasteiger partial charge is 0.331 e. The topological polar surface area (TPSA) is 293 Å². The third-order valence-electron chi connectivity index (χ3n) is 9.30. The van der Waals surface area contributed by atoms with E-state index < -0.39 is 117 Å². The number of phenols is 3.